The molecule has 5 N–H and O–H groups in total. The Morgan fingerprint density at radius 1 is 1.10 bits per heavy atom. The fourth-order valence-corrected chi connectivity index (χ4v) is 8.89. The lowest BCUT2D eigenvalue weighted by atomic mass is 9.59. The zero-order valence-electron chi connectivity index (χ0n) is 23.1. The Labute approximate surface area is 244 Å². The van der Waals surface area contributed by atoms with Gasteiger partial charge in [-0.2, -0.15) is 0 Å². The number of benzene rings is 1. The number of rotatable bonds is 7. The standard InChI is InChI=1S/C32H37N3O3S2/c1-3-6-24-8-10-27(39-24)28-11-12-29(40-28)30(38)25-9-7-21(19-32(25)13-4-5-14-32)26(35-31(33)34-2)17-20-15-22(36)18-23(37)16-20/h8,10-12,15-16,18,21,25-26,36-37H,4-5,7,9,13-14,17,19H2,1-2H3,(H3,33,34,35). The third kappa shape index (κ3) is 6.06. The van der Waals surface area contributed by atoms with Crippen molar-refractivity contribution in [2.75, 3.05) is 7.05 Å². The van der Waals surface area contributed by atoms with Gasteiger partial charge in [-0.15, -0.1) is 28.6 Å². The van der Waals surface area contributed by atoms with Crippen molar-refractivity contribution in [1.82, 2.24) is 5.32 Å². The first-order chi connectivity index (χ1) is 19.3. The van der Waals surface area contributed by atoms with Crippen molar-refractivity contribution in [3.8, 4) is 33.1 Å². The number of thiophene rings is 2. The Bertz CT molecular complexity index is 1430. The van der Waals surface area contributed by atoms with Crippen LogP contribution in [0.15, 0.2) is 47.5 Å². The topological polar surface area (TPSA) is 108 Å². The van der Waals surface area contributed by atoms with Gasteiger partial charge in [0, 0.05) is 34.8 Å². The lowest BCUT2D eigenvalue weighted by molar-refractivity contribution is 0.0411. The molecule has 0 radical (unpaired) electrons. The summed E-state index contributed by atoms with van der Waals surface area (Å²) in [5, 5.41) is 23.5. The van der Waals surface area contributed by atoms with Crippen molar-refractivity contribution in [3.63, 3.8) is 0 Å². The minimum Gasteiger partial charge on any atom is -0.508 e. The number of phenolic OH excluding ortho intramolecular Hbond substituents is 2. The van der Waals surface area contributed by atoms with Crippen LogP contribution in [0.1, 0.15) is 72.0 Å². The molecule has 0 saturated heterocycles. The van der Waals surface area contributed by atoms with E-state index < -0.39 is 0 Å². The van der Waals surface area contributed by atoms with Crippen LogP contribution in [0.5, 0.6) is 11.5 Å². The molecule has 2 saturated carbocycles. The number of guanidine groups is 1. The van der Waals surface area contributed by atoms with Gasteiger partial charge in [0.15, 0.2) is 11.7 Å². The molecule has 2 aliphatic rings. The average Bonchev–Trinajstić information content (AvgIpc) is 3.69. The fourth-order valence-electron chi connectivity index (χ4n) is 6.89. The van der Waals surface area contributed by atoms with Gasteiger partial charge < -0.3 is 21.3 Å². The summed E-state index contributed by atoms with van der Waals surface area (Å²) in [5.41, 5.74) is 6.96. The molecular weight excluding hydrogens is 539 g/mol. The highest BCUT2D eigenvalue weighted by atomic mass is 32.1. The Hall–Kier alpha value is -3.28. The summed E-state index contributed by atoms with van der Waals surface area (Å²) in [6, 6.07) is 12.9. The third-order valence-corrected chi connectivity index (χ3v) is 11.0. The van der Waals surface area contributed by atoms with Crippen LogP contribution in [0.3, 0.4) is 0 Å². The highest BCUT2D eigenvalue weighted by Gasteiger charge is 2.50. The van der Waals surface area contributed by atoms with Crippen LogP contribution in [0, 0.1) is 29.1 Å². The Morgan fingerprint density at radius 3 is 2.50 bits per heavy atom. The number of nitrogens with zero attached hydrogens (tertiary/aromatic N) is 1. The molecule has 1 aromatic carbocycles. The van der Waals surface area contributed by atoms with Gasteiger partial charge in [-0.05, 0) is 98.7 Å². The minimum atomic E-state index is -0.0222. The molecule has 3 unspecified atom stereocenters. The van der Waals surface area contributed by atoms with Crippen LogP contribution in [0.25, 0.3) is 9.75 Å². The lowest BCUT2D eigenvalue weighted by Gasteiger charge is -2.46. The molecular formula is C32H37N3O3S2. The van der Waals surface area contributed by atoms with Gasteiger partial charge in [0.1, 0.15) is 11.5 Å². The molecule has 8 heteroatoms. The van der Waals surface area contributed by atoms with E-state index in [1.54, 1.807) is 41.9 Å². The molecule has 2 aromatic heterocycles. The van der Waals surface area contributed by atoms with Crippen molar-refractivity contribution < 1.29 is 15.0 Å². The number of carbonyl (C=O) groups excluding carboxylic acids is 1. The van der Waals surface area contributed by atoms with E-state index in [1.807, 2.05) is 19.1 Å². The Morgan fingerprint density at radius 2 is 1.80 bits per heavy atom. The van der Waals surface area contributed by atoms with Crippen LogP contribution >= 0.6 is 22.7 Å². The summed E-state index contributed by atoms with van der Waals surface area (Å²) < 4.78 is 0. The maximum Gasteiger partial charge on any atom is 0.188 e. The third-order valence-electron chi connectivity index (χ3n) is 8.66. The molecule has 2 fully saturated rings. The molecule has 3 aromatic rings. The van der Waals surface area contributed by atoms with Crippen molar-refractivity contribution in [2.24, 2.45) is 28.0 Å². The van der Waals surface area contributed by atoms with Crippen LogP contribution in [0.2, 0.25) is 0 Å². The molecule has 1 spiro atoms. The van der Waals surface area contributed by atoms with Crippen LogP contribution in [0.4, 0.5) is 0 Å². The second-order valence-corrected chi connectivity index (χ2v) is 13.3. The molecule has 3 atom stereocenters. The molecule has 2 heterocycles. The summed E-state index contributed by atoms with van der Waals surface area (Å²) in [5.74, 6) is 7.13. The molecule has 5 rings (SSSR count). The maximum absolute atomic E-state index is 14.1. The maximum atomic E-state index is 14.1. The molecule has 0 amide bonds. The van der Waals surface area contributed by atoms with Crippen molar-refractivity contribution in [3.05, 3.63) is 57.8 Å². The number of phenols is 2. The number of aromatic hydroxyl groups is 2. The first-order valence-corrected chi connectivity index (χ1v) is 15.6. The summed E-state index contributed by atoms with van der Waals surface area (Å²) >= 11 is 3.27. The number of ketones is 1. The van der Waals surface area contributed by atoms with E-state index in [0.717, 1.165) is 70.0 Å². The van der Waals surface area contributed by atoms with Crippen LogP contribution in [-0.4, -0.2) is 35.0 Å². The molecule has 40 heavy (non-hydrogen) atoms. The SMILES string of the molecule is CC#Cc1ccc(-c2ccc(C(=O)C3CCC(C(Cc4cc(O)cc(O)c4)NC(N)=NC)CC34CCCC4)s2)s1. The van der Waals surface area contributed by atoms with E-state index in [2.05, 4.69) is 34.3 Å². The average molecular weight is 576 g/mol. The molecule has 0 bridgehead atoms. The lowest BCUT2D eigenvalue weighted by Crippen LogP contribution is -2.50. The fraction of sp³-hybridized carbons (Fsp3) is 0.438. The number of hydrogen-bond acceptors (Lipinski definition) is 6. The number of hydrogen-bond donors (Lipinski definition) is 4. The van der Waals surface area contributed by atoms with E-state index >= 15 is 0 Å². The molecule has 6 nitrogen and oxygen atoms in total. The summed E-state index contributed by atoms with van der Waals surface area (Å²) in [7, 11) is 1.66. The summed E-state index contributed by atoms with van der Waals surface area (Å²) in [6.07, 6.45) is 7.73. The first-order valence-electron chi connectivity index (χ1n) is 14.0. The zero-order chi connectivity index (χ0) is 28.3. The van der Waals surface area contributed by atoms with Gasteiger partial charge >= 0.3 is 0 Å². The van der Waals surface area contributed by atoms with E-state index in [1.165, 1.54) is 6.07 Å². The second kappa shape index (κ2) is 12.1. The summed E-state index contributed by atoms with van der Waals surface area (Å²) in [4.78, 5) is 22.4. The summed E-state index contributed by atoms with van der Waals surface area (Å²) in [6.45, 7) is 1.84. The Kier molecular flexibility index (Phi) is 8.53. The van der Waals surface area contributed by atoms with Gasteiger partial charge in [0.05, 0.1) is 9.75 Å². The van der Waals surface area contributed by atoms with E-state index in [0.29, 0.717) is 18.2 Å². The van der Waals surface area contributed by atoms with Crippen molar-refractivity contribution in [1.29, 1.82) is 0 Å². The number of Topliss-reactive ketones (excluding diaryl/α,β-unsaturated/α-hetero) is 1. The van der Waals surface area contributed by atoms with Crippen LogP contribution < -0.4 is 11.1 Å². The number of carbonyl (C=O) groups is 1. The quantitative estimate of drug-likeness (QED) is 0.110. The normalized spacial score (nSPS) is 21.1. The molecule has 210 valence electrons. The monoisotopic (exact) mass is 575 g/mol. The van der Waals surface area contributed by atoms with Gasteiger partial charge in [-0.1, -0.05) is 18.8 Å². The smallest absolute Gasteiger partial charge is 0.188 e. The van der Waals surface area contributed by atoms with Gasteiger partial charge in [-0.25, -0.2) is 0 Å². The highest BCUT2D eigenvalue weighted by molar-refractivity contribution is 7.23. The van der Waals surface area contributed by atoms with Crippen LogP contribution in [-0.2, 0) is 6.42 Å². The van der Waals surface area contributed by atoms with Gasteiger partial charge in [0.25, 0.3) is 0 Å². The second-order valence-electron chi connectivity index (χ2n) is 11.2. The van der Waals surface area contributed by atoms with E-state index in [9.17, 15) is 15.0 Å². The predicted molar refractivity (Wildman–Crippen MR) is 164 cm³/mol. The van der Waals surface area contributed by atoms with E-state index in [4.69, 9.17) is 5.73 Å². The molecule has 0 aliphatic heterocycles. The van der Waals surface area contributed by atoms with E-state index in [-0.39, 0.29) is 34.8 Å². The molecule has 2 aliphatic carbocycles. The number of nitrogens with two attached hydrogens (primary N) is 1. The Balaban J connectivity index is 1.37. The minimum absolute atomic E-state index is 0.0179. The number of nitrogens with one attached hydrogen (secondary N) is 1. The first kappa shape index (κ1) is 28.3. The van der Waals surface area contributed by atoms with Crippen molar-refractivity contribution in [2.45, 2.75) is 64.3 Å². The van der Waals surface area contributed by atoms with Gasteiger partial charge in [-0.3, -0.25) is 9.79 Å². The zero-order valence-corrected chi connectivity index (χ0v) is 24.7. The number of aliphatic imine (C=N–C) groups is 1. The van der Waals surface area contributed by atoms with Gasteiger partial charge in [0.2, 0.25) is 0 Å². The highest BCUT2D eigenvalue weighted by Crippen LogP contribution is 2.56. The largest absolute Gasteiger partial charge is 0.508 e. The van der Waals surface area contributed by atoms with Crippen molar-refractivity contribution >= 4 is 34.4 Å². The predicted octanol–water partition coefficient (Wildman–Crippen LogP) is 6.56.